The van der Waals surface area contributed by atoms with Crippen LogP contribution in [0.4, 0.5) is 0 Å². The monoisotopic (exact) mass is 452 g/mol. The summed E-state index contributed by atoms with van der Waals surface area (Å²) in [6.07, 6.45) is 0.697. The highest BCUT2D eigenvalue weighted by Gasteiger charge is 2.47. The molecule has 0 aromatic heterocycles. The van der Waals surface area contributed by atoms with E-state index in [-0.39, 0.29) is 11.3 Å². The van der Waals surface area contributed by atoms with Crippen LogP contribution in [-0.2, 0) is 9.59 Å². The number of nitrogens with zero attached hydrogens (tertiary/aromatic N) is 2. The second kappa shape index (κ2) is 11.0. The number of Topliss-reactive ketones (excluding diaryl/α,β-unsaturated/α-hetero) is 1. The number of hydrogen-bond donors (Lipinski definition) is 1. The van der Waals surface area contributed by atoms with Gasteiger partial charge in [0.05, 0.1) is 25.8 Å². The molecule has 1 saturated heterocycles. The largest absolute Gasteiger partial charge is 0.507 e. The van der Waals surface area contributed by atoms with Gasteiger partial charge >= 0.3 is 0 Å². The Labute approximate surface area is 195 Å². The zero-order valence-electron chi connectivity index (χ0n) is 19.7. The summed E-state index contributed by atoms with van der Waals surface area (Å²) in [7, 11) is 3.09. The Morgan fingerprint density at radius 3 is 2.33 bits per heavy atom. The van der Waals surface area contributed by atoms with E-state index in [2.05, 4.69) is 18.7 Å². The Bertz CT molecular complexity index is 1010. The molecular weight excluding hydrogens is 420 g/mol. The first kappa shape index (κ1) is 24.3. The van der Waals surface area contributed by atoms with E-state index in [1.807, 2.05) is 6.07 Å². The number of likely N-dealkylation sites (tertiary alicyclic amines) is 1. The molecule has 0 saturated carbocycles. The highest BCUT2D eigenvalue weighted by atomic mass is 16.5. The van der Waals surface area contributed by atoms with E-state index in [0.29, 0.717) is 35.6 Å². The van der Waals surface area contributed by atoms with Gasteiger partial charge in [-0.2, -0.15) is 0 Å². The van der Waals surface area contributed by atoms with Crippen LogP contribution in [0.2, 0.25) is 0 Å². The average molecular weight is 453 g/mol. The number of carbonyl (C=O) groups excluding carboxylic acids is 2. The van der Waals surface area contributed by atoms with Crippen molar-refractivity contribution in [1.82, 2.24) is 9.80 Å². The number of ketones is 1. The molecule has 2 aromatic rings. The number of rotatable bonds is 10. The Morgan fingerprint density at radius 2 is 1.73 bits per heavy atom. The number of hydrogen-bond acceptors (Lipinski definition) is 6. The minimum absolute atomic E-state index is 0.0561. The van der Waals surface area contributed by atoms with Crippen molar-refractivity contribution >= 4 is 17.4 Å². The predicted octanol–water partition coefficient (Wildman–Crippen LogP) is 3.86. The molecule has 1 atom stereocenters. The third-order valence-electron chi connectivity index (χ3n) is 6.09. The first-order chi connectivity index (χ1) is 16.0. The molecule has 1 N–H and O–H groups in total. The zero-order valence-corrected chi connectivity index (χ0v) is 19.7. The van der Waals surface area contributed by atoms with Gasteiger partial charge in [0.1, 0.15) is 17.3 Å². The Balaban J connectivity index is 2.11. The number of aliphatic hydroxyl groups excluding tert-OH is 1. The van der Waals surface area contributed by atoms with Gasteiger partial charge in [0.25, 0.3) is 11.7 Å². The summed E-state index contributed by atoms with van der Waals surface area (Å²) in [5.74, 6) is -0.444. The smallest absolute Gasteiger partial charge is 0.295 e. The quantitative estimate of drug-likeness (QED) is 0.335. The van der Waals surface area contributed by atoms with E-state index in [0.717, 1.165) is 19.6 Å². The van der Waals surface area contributed by atoms with Crippen molar-refractivity contribution in [3.8, 4) is 11.5 Å². The van der Waals surface area contributed by atoms with Crippen LogP contribution < -0.4 is 9.47 Å². The highest BCUT2D eigenvalue weighted by Crippen LogP contribution is 2.43. The van der Waals surface area contributed by atoms with Gasteiger partial charge in [-0.25, -0.2) is 0 Å². The van der Waals surface area contributed by atoms with Crippen molar-refractivity contribution in [1.29, 1.82) is 0 Å². The molecule has 0 spiro atoms. The standard InChI is InChI=1S/C26H32N2O5/c1-5-27(6-2)15-10-16-28-23(20-17-19(32-3)13-14-21(20)33-4)22(25(30)26(28)31)24(29)18-11-8-7-9-12-18/h7-9,11-14,17,23,29H,5-6,10,15-16H2,1-4H3/b24-22+/t23-/m0/s1. The van der Waals surface area contributed by atoms with Crippen molar-refractivity contribution in [2.75, 3.05) is 40.4 Å². The van der Waals surface area contributed by atoms with E-state index in [1.165, 1.54) is 12.0 Å². The molecule has 0 aliphatic carbocycles. The number of methoxy groups -OCH3 is 2. The van der Waals surface area contributed by atoms with Crippen molar-refractivity contribution in [2.24, 2.45) is 0 Å². The molecule has 176 valence electrons. The second-order valence-corrected chi connectivity index (χ2v) is 7.85. The number of aliphatic hydroxyl groups is 1. The molecule has 3 rings (SSSR count). The maximum atomic E-state index is 13.2. The van der Waals surface area contributed by atoms with Gasteiger partial charge in [-0.15, -0.1) is 0 Å². The molecule has 7 heteroatoms. The van der Waals surface area contributed by atoms with Crippen LogP contribution in [0, 0.1) is 0 Å². The number of amides is 1. The van der Waals surface area contributed by atoms with E-state index < -0.39 is 17.7 Å². The van der Waals surface area contributed by atoms with Gasteiger partial charge in [-0.05, 0) is 44.3 Å². The number of ether oxygens (including phenoxy) is 2. The first-order valence-electron chi connectivity index (χ1n) is 11.2. The molecule has 1 aliphatic heterocycles. The lowest BCUT2D eigenvalue weighted by atomic mass is 9.94. The van der Waals surface area contributed by atoms with Crippen LogP contribution in [-0.4, -0.2) is 67.0 Å². The molecule has 1 fully saturated rings. The summed E-state index contributed by atoms with van der Waals surface area (Å²) in [6, 6.07) is 13.3. The lowest BCUT2D eigenvalue weighted by Gasteiger charge is -2.28. The van der Waals surface area contributed by atoms with Crippen molar-refractivity contribution in [3.63, 3.8) is 0 Å². The fraction of sp³-hybridized carbons (Fsp3) is 0.385. The lowest BCUT2D eigenvalue weighted by molar-refractivity contribution is -0.140. The van der Waals surface area contributed by atoms with Crippen LogP contribution >= 0.6 is 0 Å². The summed E-state index contributed by atoms with van der Waals surface area (Å²) in [4.78, 5) is 30.1. The Hall–Kier alpha value is -3.32. The molecule has 0 bridgehead atoms. The topological polar surface area (TPSA) is 79.3 Å². The van der Waals surface area contributed by atoms with Crippen LogP contribution in [0.1, 0.15) is 37.4 Å². The molecule has 0 unspecified atom stereocenters. The first-order valence-corrected chi connectivity index (χ1v) is 11.2. The van der Waals surface area contributed by atoms with E-state index in [1.54, 1.807) is 49.6 Å². The van der Waals surface area contributed by atoms with Crippen molar-refractivity contribution < 1.29 is 24.2 Å². The fourth-order valence-corrected chi connectivity index (χ4v) is 4.24. The molecule has 7 nitrogen and oxygen atoms in total. The predicted molar refractivity (Wildman–Crippen MR) is 127 cm³/mol. The SMILES string of the molecule is CCN(CC)CCCN1C(=O)C(=O)/C(=C(/O)c2ccccc2)[C@@H]1c1cc(OC)ccc1OC. The van der Waals surface area contributed by atoms with Crippen LogP contribution in [0.15, 0.2) is 54.1 Å². The van der Waals surface area contributed by atoms with E-state index in [4.69, 9.17) is 9.47 Å². The van der Waals surface area contributed by atoms with Crippen LogP contribution in [0.3, 0.4) is 0 Å². The third kappa shape index (κ3) is 5.03. The van der Waals surface area contributed by atoms with Gasteiger partial charge in [0, 0.05) is 17.7 Å². The molecular formula is C26H32N2O5. The van der Waals surface area contributed by atoms with Crippen LogP contribution in [0.5, 0.6) is 11.5 Å². The molecule has 33 heavy (non-hydrogen) atoms. The third-order valence-corrected chi connectivity index (χ3v) is 6.09. The van der Waals surface area contributed by atoms with E-state index in [9.17, 15) is 14.7 Å². The van der Waals surface area contributed by atoms with Gasteiger partial charge in [-0.1, -0.05) is 44.2 Å². The Morgan fingerprint density at radius 1 is 1.03 bits per heavy atom. The minimum atomic E-state index is -0.785. The fourth-order valence-electron chi connectivity index (χ4n) is 4.24. The van der Waals surface area contributed by atoms with Gasteiger partial charge in [0.15, 0.2) is 0 Å². The Kier molecular flexibility index (Phi) is 8.11. The van der Waals surface area contributed by atoms with Crippen LogP contribution in [0.25, 0.3) is 5.76 Å². The zero-order chi connectivity index (χ0) is 24.0. The highest BCUT2D eigenvalue weighted by molar-refractivity contribution is 6.46. The second-order valence-electron chi connectivity index (χ2n) is 7.85. The maximum absolute atomic E-state index is 13.2. The molecule has 1 aliphatic rings. The molecule has 1 amide bonds. The van der Waals surface area contributed by atoms with Gasteiger partial charge in [-0.3, -0.25) is 9.59 Å². The summed E-state index contributed by atoms with van der Waals surface area (Å²) in [6.45, 7) is 7.19. The van der Waals surface area contributed by atoms with Crippen molar-refractivity contribution in [3.05, 3.63) is 65.2 Å². The molecule has 0 radical (unpaired) electrons. The average Bonchev–Trinajstić information content (AvgIpc) is 3.11. The van der Waals surface area contributed by atoms with Gasteiger partial charge in [0.2, 0.25) is 0 Å². The summed E-state index contributed by atoms with van der Waals surface area (Å²) in [5, 5.41) is 11.1. The van der Waals surface area contributed by atoms with Crippen molar-refractivity contribution in [2.45, 2.75) is 26.3 Å². The van der Waals surface area contributed by atoms with Gasteiger partial charge < -0.3 is 24.4 Å². The molecule has 1 heterocycles. The van der Waals surface area contributed by atoms with E-state index >= 15 is 0 Å². The number of carbonyl (C=O) groups is 2. The minimum Gasteiger partial charge on any atom is -0.507 e. The molecule has 2 aromatic carbocycles. The number of benzene rings is 2. The lowest BCUT2D eigenvalue weighted by Crippen LogP contribution is -2.33. The normalized spacial score (nSPS) is 17.6. The summed E-state index contributed by atoms with van der Waals surface area (Å²) < 4.78 is 11.0. The maximum Gasteiger partial charge on any atom is 0.295 e. The summed E-state index contributed by atoms with van der Waals surface area (Å²) in [5.41, 5.74) is 1.13. The summed E-state index contributed by atoms with van der Waals surface area (Å²) >= 11 is 0.